The molecule has 3 heterocycles. The summed E-state index contributed by atoms with van der Waals surface area (Å²) in [7, 11) is 3.41. The largest absolute Gasteiger partial charge is 0.487 e. The molecule has 7 heteroatoms. The predicted molar refractivity (Wildman–Crippen MR) is 88.7 cm³/mol. The molecule has 7 nitrogen and oxygen atoms in total. The Balaban J connectivity index is 1.73. The Kier molecular flexibility index (Phi) is 4.87. The normalized spacial score (nSPS) is 23.4. The van der Waals surface area contributed by atoms with E-state index in [2.05, 4.69) is 4.98 Å². The number of ether oxygens (including phenoxy) is 1. The van der Waals surface area contributed by atoms with Gasteiger partial charge in [0, 0.05) is 39.8 Å². The van der Waals surface area contributed by atoms with Crippen molar-refractivity contribution < 1.29 is 14.3 Å². The Hall–Kier alpha value is -2.31. The van der Waals surface area contributed by atoms with Crippen molar-refractivity contribution >= 4 is 11.9 Å². The number of hydrogen-bond donors (Lipinski definition) is 0. The van der Waals surface area contributed by atoms with Crippen LogP contribution in [0.3, 0.4) is 0 Å². The number of nitrogens with zero attached hydrogens (tertiary/aromatic N) is 4. The lowest BCUT2D eigenvalue weighted by atomic mass is 10.1. The van der Waals surface area contributed by atoms with Crippen molar-refractivity contribution in [2.75, 3.05) is 33.7 Å². The minimum absolute atomic E-state index is 0.0417. The smallest absolute Gasteiger partial charge is 0.320 e. The molecule has 2 fully saturated rings. The molecule has 0 radical (unpaired) electrons. The van der Waals surface area contributed by atoms with Gasteiger partial charge < -0.3 is 19.4 Å². The highest BCUT2D eigenvalue weighted by atomic mass is 16.5. The van der Waals surface area contributed by atoms with E-state index < -0.39 is 6.04 Å². The lowest BCUT2D eigenvalue weighted by Gasteiger charge is -2.29. The molecule has 0 N–H and O–H groups in total. The van der Waals surface area contributed by atoms with E-state index in [1.165, 1.54) is 4.90 Å². The van der Waals surface area contributed by atoms with Crippen LogP contribution in [0.15, 0.2) is 24.5 Å². The highest BCUT2D eigenvalue weighted by Gasteiger charge is 2.43. The summed E-state index contributed by atoms with van der Waals surface area (Å²) in [5.74, 6) is 0.703. The zero-order chi connectivity index (χ0) is 17.1. The topological polar surface area (TPSA) is 66.0 Å². The van der Waals surface area contributed by atoms with Crippen molar-refractivity contribution in [2.24, 2.45) is 0 Å². The van der Waals surface area contributed by atoms with Gasteiger partial charge in [0.05, 0.1) is 12.7 Å². The van der Waals surface area contributed by atoms with Crippen molar-refractivity contribution in [3.05, 3.63) is 24.5 Å². The first-order valence-electron chi connectivity index (χ1n) is 8.39. The molecule has 0 spiro atoms. The monoisotopic (exact) mass is 332 g/mol. The van der Waals surface area contributed by atoms with Crippen LogP contribution in [0, 0.1) is 0 Å². The second-order valence-corrected chi connectivity index (χ2v) is 6.54. The summed E-state index contributed by atoms with van der Waals surface area (Å²) in [4.78, 5) is 34.4. The Morgan fingerprint density at radius 3 is 2.67 bits per heavy atom. The Morgan fingerprint density at radius 2 is 2.04 bits per heavy atom. The van der Waals surface area contributed by atoms with Gasteiger partial charge in [-0.2, -0.15) is 0 Å². The fourth-order valence-electron chi connectivity index (χ4n) is 3.34. The van der Waals surface area contributed by atoms with Crippen LogP contribution in [0.4, 0.5) is 4.79 Å². The van der Waals surface area contributed by atoms with E-state index in [1.807, 2.05) is 11.0 Å². The summed E-state index contributed by atoms with van der Waals surface area (Å²) >= 11 is 0. The molecule has 0 bridgehead atoms. The molecule has 0 saturated carbocycles. The summed E-state index contributed by atoms with van der Waals surface area (Å²) in [6.07, 6.45) is 5.72. The number of urea groups is 1. The van der Waals surface area contributed by atoms with Crippen molar-refractivity contribution in [1.82, 2.24) is 19.7 Å². The molecule has 130 valence electrons. The van der Waals surface area contributed by atoms with E-state index in [0.717, 1.165) is 25.9 Å². The van der Waals surface area contributed by atoms with Gasteiger partial charge in [-0.05, 0) is 25.0 Å². The van der Waals surface area contributed by atoms with E-state index in [0.29, 0.717) is 18.7 Å². The highest BCUT2D eigenvalue weighted by Crippen LogP contribution is 2.26. The van der Waals surface area contributed by atoms with E-state index in [-0.39, 0.29) is 18.0 Å². The molecular weight excluding hydrogens is 308 g/mol. The lowest BCUT2D eigenvalue weighted by molar-refractivity contribution is -0.134. The van der Waals surface area contributed by atoms with Crippen LogP contribution in [0.1, 0.15) is 19.3 Å². The molecule has 0 aliphatic carbocycles. The van der Waals surface area contributed by atoms with E-state index in [4.69, 9.17) is 4.74 Å². The van der Waals surface area contributed by atoms with Gasteiger partial charge in [-0.15, -0.1) is 0 Å². The summed E-state index contributed by atoms with van der Waals surface area (Å²) < 4.78 is 5.93. The third-order valence-electron chi connectivity index (χ3n) is 4.53. The van der Waals surface area contributed by atoms with Crippen molar-refractivity contribution in [3.63, 3.8) is 0 Å². The summed E-state index contributed by atoms with van der Waals surface area (Å²) in [5.41, 5.74) is 0. The maximum absolute atomic E-state index is 12.8. The molecule has 2 saturated heterocycles. The number of likely N-dealkylation sites (tertiary alicyclic amines) is 2. The third kappa shape index (κ3) is 3.44. The molecular formula is C17H24N4O3. The quantitative estimate of drug-likeness (QED) is 0.834. The van der Waals surface area contributed by atoms with Gasteiger partial charge in [0.15, 0.2) is 0 Å². The highest BCUT2D eigenvalue weighted by molar-refractivity contribution is 5.88. The number of amides is 3. The Morgan fingerprint density at radius 1 is 1.29 bits per heavy atom. The number of rotatable bonds is 3. The Labute approximate surface area is 142 Å². The van der Waals surface area contributed by atoms with E-state index in [1.54, 1.807) is 37.5 Å². The average molecular weight is 332 g/mol. The summed E-state index contributed by atoms with van der Waals surface area (Å²) in [5, 5.41) is 0. The van der Waals surface area contributed by atoms with Gasteiger partial charge in [0.1, 0.15) is 17.9 Å². The molecule has 3 amide bonds. The molecule has 1 aromatic heterocycles. The fourth-order valence-corrected chi connectivity index (χ4v) is 3.34. The zero-order valence-electron chi connectivity index (χ0n) is 14.2. The molecule has 3 rings (SSSR count). The van der Waals surface area contributed by atoms with E-state index >= 15 is 0 Å². The van der Waals surface area contributed by atoms with Crippen LogP contribution in [0.5, 0.6) is 5.75 Å². The van der Waals surface area contributed by atoms with Crippen LogP contribution in [0.2, 0.25) is 0 Å². The van der Waals surface area contributed by atoms with Crippen LogP contribution in [0.25, 0.3) is 0 Å². The number of hydrogen-bond acceptors (Lipinski definition) is 4. The molecule has 0 unspecified atom stereocenters. The van der Waals surface area contributed by atoms with Crippen LogP contribution in [-0.2, 0) is 4.79 Å². The maximum Gasteiger partial charge on any atom is 0.320 e. The van der Waals surface area contributed by atoms with Gasteiger partial charge in [-0.1, -0.05) is 0 Å². The van der Waals surface area contributed by atoms with Crippen molar-refractivity contribution in [3.8, 4) is 5.75 Å². The molecule has 2 atom stereocenters. The van der Waals surface area contributed by atoms with Crippen molar-refractivity contribution in [2.45, 2.75) is 31.4 Å². The first kappa shape index (κ1) is 16.5. The first-order valence-corrected chi connectivity index (χ1v) is 8.39. The summed E-state index contributed by atoms with van der Waals surface area (Å²) in [6.45, 7) is 1.98. The molecule has 2 aliphatic rings. The second-order valence-electron chi connectivity index (χ2n) is 6.54. The molecule has 24 heavy (non-hydrogen) atoms. The predicted octanol–water partition coefficient (Wildman–Crippen LogP) is 1.21. The molecule has 0 aromatic carbocycles. The number of pyridine rings is 1. The van der Waals surface area contributed by atoms with Crippen molar-refractivity contribution in [1.29, 1.82) is 0 Å². The Bertz CT molecular complexity index is 587. The number of aromatic nitrogens is 1. The van der Waals surface area contributed by atoms with Crippen LogP contribution >= 0.6 is 0 Å². The van der Waals surface area contributed by atoms with Gasteiger partial charge in [-0.25, -0.2) is 4.79 Å². The summed E-state index contributed by atoms with van der Waals surface area (Å²) in [6, 6.07) is 3.05. The SMILES string of the molecule is CN(C)C(=O)N1C[C@@H](Oc2cccnc2)C[C@H]1C(=O)N1CCCC1. The first-order chi connectivity index (χ1) is 11.6. The molecule has 2 aliphatic heterocycles. The van der Waals surface area contributed by atoms with Crippen LogP contribution < -0.4 is 4.74 Å². The molecule has 1 aromatic rings. The minimum Gasteiger partial charge on any atom is -0.487 e. The van der Waals surface area contributed by atoms with Gasteiger partial charge >= 0.3 is 6.03 Å². The maximum atomic E-state index is 12.8. The average Bonchev–Trinajstić information content (AvgIpc) is 3.24. The standard InChI is InChI=1S/C17H24N4O3/c1-19(2)17(23)21-12-14(24-13-6-5-7-18-11-13)10-15(21)16(22)20-8-3-4-9-20/h5-7,11,14-15H,3-4,8-10,12H2,1-2H3/t14-,15-/m0/s1. The van der Waals surface area contributed by atoms with E-state index in [9.17, 15) is 9.59 Å². The fraction of sp³-hybridized carbons (Fsp3) is 0.588. The lowest BCUT2D eigenvalue weighted by Crippen LogP contribution is -2.49. The minimum atomic E-state index is -0.445. The number of carbonyl (C=O) groups excluding carboxylic acids is 2. The zero-order valence-corrected chi connectivity index (χ0v) is 14.2. The van der Waals surface area contributed by atoms with Crippen LogP contribution in [-0.4, -0.2) is 77.5 Å². The van der Waals surface area contributed by atoms with Gasteiger partial charge in [0.25, 0.3) is 0 Å². The second kappa shape index (κ2) is 7.07. The number of carbonyl (C=O) groups is 2. The van der Waals surface area contributed by atoms with Gasteiger partial charge in [0.2, 0.25) is 5.91 Å². The third-order valence-corrected chi connectivity index (χ3v) is 4.53. The van der Waals surface area contributed by atoms with Gasteiger partial charge in [-0.3, -0.25) is 9.78 Å².